The Morgan fingerprint density at radius 3 is 2.74 bits per heavy atom. The summed E-state index contributed by atoms with van der Waals surface area (Å²) in [6.45, 7) is 2.54. The van der Waals surface area contributed by atoms with Crippen molar-refractivity contribution in [2.45, 2.75) is 19.5 Å². The van der Waals surface area contributed by atoms with E-state index < -0.39 is 0 Å². The van der Waals surface area contributed by atoms with Crippen molar-refractivity contribution in [1.29, 1.82) is 5.26 Å². The molecule has 0 aliphatic carbocycles. The first-order valence-corrected chi connectivity index (χ1v) is 6.02. The Morgan fingerprint density at radius 1 is 1.32 bits per heavy atom. The van der Waals surface area contributed by atoms with Crippen molar-refractivity contribution in [3.8, 4) is 6.07 Å². The predicted octanol–water partition coefficient (Wildman–Crippen LogP) is 2.94. The Hall–Kier alpha value is -2.25. The number of nitriles is 1. The number of aromatic nitrogens is 1. The normalized spacial score (nSPS) is 11.8. The van der Waals surface area contributed by atoms with Crippen LogP contribution in [-0.2, 0) is 6.54 Å². The molecule has 1 N–H and O–H groups in total. The van der Waals surface area contributed by atoms with Gasteiger partial charge in [-0.2, -0.15) is 5.26 Å². The van der Waals surface area contributed by atoms with Crippen LogP contribution < -0.4 is 5.32 Å². The first-order chi connectivity index (χ1) is 9.19. The maximum atomic E-state index is 13.3. The fourth-order valence-corrected chi connectivity index (χ4v) is 1.86. The SMILES string of the molecule is CC(NCc1cc(F)cc(C#N)c1)c1ccncc1. The van der Waals surface area contributed by atoms with Crippen molar-refractivity contribution >= 4 is 0 Å². The van der Waals surface area contributed by atoms with Gasteiger partial charge in [-0.25, -0.2) is 4.39 Å². The van der Waals surface area contributed by atoms with Gasteiger partial charge >= 0.3 is 0 Å². The van der Waals surface area contributed by atoms with Crippen molar-refractivity contribution in [3.05, 3.63) is 65.2 Å². The number of nitrogens with zero attached hydrogens (tertiary/aromatic N) is 2. The van der Waals surface area contributed by atoms with Gasteiger partial charge in [0.15, 0.2) is 0 Å². The molecule has 1 aromatic heterocycles. The van der Waals surface area contributed by atoms with E-state index >= 15 is 0 Å². The zero-order chi connectivity index (χ0) is 13.7. The highest BCUT2D eigenvalue weighted by Crippen LogP contribution is 2.13. The number of benzene rings is 1. The van der Waals surface area contributed by atoms with Crippen LogP contribution >= 0.6 is 0 Å². The molecule has 0 radical (unpaired) electrons. The highest BCUT2D eigenvalue weighted by atomic mass is 19.1. The van der Waals surface area contributed by atoms with Crippen LogP contribution in [0.2, 0.25) is 0 Å². The van der Waals surface area contributed by atoms with Crippen LogP contribution in [0.25, 0.3) is 0 Å². The average Bonchev–Trinajstić information content (AvgIpc) is 2.45. The molecule has 0 bridgehead atoms. The number of halogens is 1. The van der Waals surface area contributed by atoms with Crippen LogP contribution in [0.5, 0.6) is 0 Å². The van der Waals surface area contributed by atoms with Gasteiger partial charge in [-0.1, -0.05) is 0 Å². The Kier molecular flexibility index (Phi) is 4.22. The van der Waals surface area contributed by atoms with E-state index in [1.807, 2.05) is 25.1 Å². The summed E-state index contributed by atoms with van der Waals surface area (Å²) in [6.07, 6.45) is 3.48. The molecular weight excluding hydrogens is 241 g/mol. The first kappa shape index (κ1) is 13.2. The topological polar surface area (TPSA) is 48.7 Å². The maximum Gasteiger partial charge on any atom is 0.124 e. The van der Waals surface area contributed by atoms with E-state index in [-0.39, 0.29) is 11.9 Å². The minimum absolute atomic E-state index is 0.136. The fraction of sp³-hybridized carbons (Fsp3) is 0.200. The number of pyridine rings is 1. The quantitative estimate of drug-likeness (QED) is 0.913. The van der Waals surface area contributed by atoms with Gasteiger partial charge in [0.1, 0.15) is 5.82 Å². The molecular formula is C15H14FN3. The van der Waals surface area contributed by atoms with Gasteiger partial charge in [0, 0.05) is 25.0 Å². The molecule has 1 unspecified atom stereocenters. The van der Waals surface area contributed by atoms with Crippen molar-refractivity contribution in [2.75, 3.05) is 0 Å². The summed E-state index contributed by atoms with van der Waals surface area (Å²) in [6, 6.07) is 10.3. The first-order valence-electron chi connectivity index (χ1n) is 6.02. The van der Waals surface area contributed by atoms with E-state index in [0.717, 1.165) is 11.1 Å². The van der Waals surface area contributed by atoms with Crippen LogP contribution in [0.4, 0.5) is 4.39 Å². The molecule has 0 fully saturated rings. The van der Waals surface area contributed by atoms with Gasteiger partial charge in [-0.05, 0) is 48.4 Å². The molecule has 0 aliphatic rings. The Balaban J connectivity index is 2.03. The monoisotopic (exact) mass is 255 g/mol. The highest BCUT2D eigenvalue weighted by Gasteiger charge is 2.05. The summed E-state index contributed by atoms with van der Waals surface area (Å²) >= 11 is 0. The molecule has 0 saturated carbocycles. The third-order valence-corrected chi connectivity index (χ3v) is 2.91. The molecule has 1 aromatic carbocycles. The molecule has 2 aromatic rings. The Bertz CT molecular complexity index is 590. The molecule has 0 saturated heterocycles. The molecule has 1 atom stereocenters. The second kappa shape index (κ2) is 6.07. The summed E-state index contributed by atoms with van der Waals surface area (Å²) < 4.78 is 13.3. The van der Waals surface area contributed by atoms with Gasteiger partial charge in [-0.3, -0.25) is 4.98 Å². The smallest absolute Gasteiger partial charge is 0.124 e. The number of hydrogen-bond donors (Lipinski definition) is 1. The Morgan fingerprint density at radius 2 is 2.05 bits per heavy atom. The summed E-state index contributed by atoms with van der Waals surface area (Å²) in [4.78, 5) is 3.97. The van der Waals surface area contributed by atoms with Gasteiger partial charge in [-0.15, -0.1) is 0 Å². The van der Waals surface area contributed by atoms with Gasteiger partial charge < -0.3 is 5.32 Å². The standard InChI is InChI=1S/C15H14FN3/c1-11(14-2-4-18-5-3-14)19-10-13-6-12(9-17)7-15(16)8-13/h2-8,11,19H,10H2,1H3. The third kappa shape index (κ3) is 3.60. The van der Waals surface area contributed by atoms with Crippen LogP contribution in [-0.4, -0.2) is 4.98 Å². The molecule has 96 valence electrons. The van der Waals surface area contributed by atoms with Crippen LogP contribution in [0.1, 0.15) is 29.7 Å². The minimum Gasteiger partial charge on any atom is -0.306 e. The lowest BCUT2D eigenvalue weighted by Gasteiger charge is -2.14. The number of nitrogens with one attached hydrogen (secondary N) is 1. The van der Waals surface area contributed by atoms with Crippen molar-refractivity contribution < 1.29 is 4.39 Å². The van der Waals surface area contributed by atoms with Crippen molar-refractivity contribution in [1.82, 2.24) is 10.3 Å². The summed E-state index contributed by atoms with van der Waals surface area (Å²) in [5.41, 5.74) is 2.22. The molecule has 0 aliphatic heterocycles. The van der Waals surface area contributed by atoms with Crippen LogP contribution in [0.3, 0.4) is 0 Å². The minimum atomic E-state index is -0.382. The number of hydrogen-bond acceptors (Lipinski definition) is 3. The van der Waals surface area contributed by atoms with Crippen molar-refractivity contribution in [3.63, 3.8) is 0 Å². The second-order valence-corrected chi connectivity index (χ2v) is 4.34. The average molecular weight is 255 g/mol. The summed E-state index contributed by atoms with van der Waals surface area (Å²) in [5, 5.41) is 12.1. The third-order valence-electron chi connectivity index (χ3n) is 2.91. The molecule has 2 rings (SSSR count). The van der Waals surface area contributed by atoms with E-state index in [1.165, 1.54) is 12.1 Å². The predicted molar refractivity (Wildman–Crippen MR) is 70.6 cm³/mol. The zero-order valence-corrected chi connectivity index (χ0v) is 10.6. The van der Waals surface area contributed by atoms with Crippen LogP contribution in [0, 0.1) is 17.1 Å². The van der Waals surface area contributed by atoms with Gasteiger partial charge in [0.25, 0.3) is 0 Å². The van der Waals surface area contributed by atoms with E-state index in [2.05, 4.69) is 10.3 Å². The molecule has 19 heavy (non-hydrogen) atoms. The second-order valence-electron chi connectivity index (χ2n) is 4.34. The molecule has 3 nitrogen and oxygen atoms in total. The summed E-state index contributed by atoms with van der Waals surface area (Å²) in [5.74, 6) is -0.382. The molecule has 4 heteroatoms. The molecule has 0 spiro atoms. The molecule has 1 heterocycles. The van der Waals surface area contributed by atoms with Gasteiger partial charge in [0.2, 0.25) is 0 Å². The molecule has 0 amide bonds. The maximum absolute atomic E-state index is 13.3. The lowest BCUT2D eigenvalue weighted by Crippen LogP contribution is -2.18. The number of rotatable bonds is 4. The van der Waals surface area contributed by atoms with E-state index in [0.29, 0.717) is 12.1 Å². The highest BCUT2D eigenvalue weighted by molar-refractivity contribution is 5.33. The largest absolute Gasteiger partial charge is 0.306 e. The zero-order valence-electron chi connectivity index (χ0n) is 10.6. The van der Waals surface area contributed by atoms with Crippen LogP contribution in [0.15, 0.2) is 42.7 Å². The van der Waals surface area contributed by atoms with E-state index in [9.17, 15) is 4.39 Å². The van der Waals surface area contributed by atoms with E-state index in [1.54, 1.807) is 18.5 Å². The van der Waals surface area contributed by atoms with Gasteiger partial charge in [0.05, 0.1) is 11.6 Å². The lowest BCUT2D eigenvalue weighted by molar-refractivity contribution is 0.568. The van der Waals surface area contributed by atoms with Crippen molar-refractivity contribution in [2.24, 2.45) is 0 Å². The Labute approximate surface area is 111 Å². The fourth-order valence-electron chi connectivity index (χ4n) is 1.86. The lowest BCUT2D eigenvalue weighted by atomic mass is 10.1. The van der Waals surface area contributed by atoms with E-state index in [4.69, 9.17) is 5.26 Å². The summed E-state index contributed by atoms with van der Waals surface area (Å²) in [7, 11) is 0.